The number of carbonyl (C=O) groups excluding carboxylic acids is 1. The van der Waals surface area contributed by atoms with Crippen molar-refractivity contribution in [2.75, 3.05) is 44.3 Å². The summed E-state index contributed by atoms with van der Waals surface area (Å²) in [5, 5.41) is 9.27. The van der Waals surface area contributed by atoms with Crippen molar-refractivity contribution in [2.45, 2.75) is 49.6 Å². The minimum absolute atomic E-state index is 0.0788. The molecule has 3 aliphatic heterocycles. The third kappa shape index (κ3) is 4.89. The molecule has 200 valence electrons. The van der Waals surface area contributed by atoms with Crippen LogP contribution < -0.4 is 4.90 Å². The Kier molecular flexibility index (Phi) is 6.96. The number of aromatic nitrogens is 2. The van der Waals surface area contributed by atoms with Gasteiger partial charge < -0.3 is 24.5 Å². The number of halogens is 6. The van der Waals surface area contributed by atoms with Crippen LogP contribution in [0.15, 0.2) is 12.5 Å². The molecular formula is C21H25F6N5O4. The number of nitrogens with zero attached hydrogens (tertiary/aromatic N) is 5. The number of ether oxygens (including phenoxy) is 1. The fourth-order valence-corrected chi connectivity index (χ4v) is 5.56. The quantitative estimate of drug-likeness (QED) is 0.606. The molecule has 1 spiro atoms. The van der Waals surface area contributed by atoms with E-state index in [9.17, 15) is 41.0 Å². The van der Waals surface area contributed by atoms with E-state index in [1.165, 1.54) is 0 Å². The normalized spacial score (nSPS) is 23.0. The highest BCUT2D eigenvalue weighted by Gasteiger charge is 2.66. The van der Waals surface area contributed by atoms with Crippen molar-refractivity contribution < 1.29 is 45.8 Å². The third-order valence-corrected chi connectivity index (χ3v) is 7.25. The lowest BCUT2D eigenvalue weighted by Crippen LogP contribution is -2.60. The zero-order valence-corrected chi connectivity index (χ0v) is 19.1. The largest absolute Gasteiger partial charge is 0.465 e. The fraction of sp³-hybridized carbons (Fsp3) is 0.714. The Morgan fingerprint density at radius 3 is 2.19 bits per heavy atom. The van der Waals surface area contributed by atoms with Gasteiger partial charge in [-0.15, -0.1) is 0 Å². The molecule has 2 amide bonds. The maximum absolute atomic E-state index is 13.9. The molecule has 1 atom stereocenters. The Bertz CT molecular complexity index is 962. The molecule has 1 N–H and O–H groups in total. The van der Waals surface area contributed by atoms with Gasteiger partial charge in [0, 0.05) is 37.9 Å². The van der Waals surface area contributed by atoms with E-state index >= 15 is 0 Å². The van der Waals surface area contributed by atoms with Crippen LogP contribution in [0.2, 0.25) is 0 Å². The average Bonchev–Trinajstić information content (AvgIpc) is 3.15. The molecule has 0 aromatic carbocycles. The molecule has 4 rings (SSSR count). The van der Waals surface area contributed by atoms with Gasteiger partial charge in [-0.2, -0.15) is 26.3 Å². The van der Waals surface area contributed by atoms with E-state index in [0.717, 1.165) is 22.3 Å². The van der Waals surface area contributed by atoms with Gasteiger partial charge in [0.1, 0.15) is 17.7 Å². The van der Waals surface area contributed by atoms with Gasteiger partial charge in [-0.1, -0.05) is 0 Å². The van der Waals surface area contributed by atoms with Gasteiger partial charge in [-0.05, 0) is 25.7 Å². The summed E-state index contributed by atoms with van der Waals surface area (Å²) in [7, 11) is 0. The van der Waals surface area contributed by atoms with Crippen molar-refractivity contribution >= 4 is 17.8 Å². The summed E-state index contributed by atoms with van der Waals surface area (Å²) in [5.41, 5.74) is -1.56. The van der Waals surface area contributed by atoms with E-state index in [0.29, 0.717) is 26.3 Å². The van der Waals surface area contributed by atoms with Crippen molar-refractivity contribution in [1.82, 2.24) is 19.8 Å². The van der Waals surface area contributed by atoms with Crippen LogP contribution in [-0.2, 0) is 4.74 Å². The van der Waals surface area contributed by atoms with Gasteiger partial charge in [0.25, 0.3) is 5.91 Å². The molecule has 1 aromatic heterocycles. The number of hydrogen-bond donors (Lipinski definition) is 1. The Morgan fingerprint density at radius 1 is 1.03 bits per heavy atom. The van der Waals surface area contributed by atoms with E-state index in [2.05, 4.69) is 9.97 Å². The molecule has 9 nitrogen and oxygen atoms in total. The fourth-order valence-electron chi connectivity index (χ4n) is 5.56. The Morgan fingerprint density at radius 2 is 1.64 bits per heavy atom. The van der Waals surface area contributed by atoms with Gasteiger partial charge in [0.15, 0.2) is 5.92 Å². The van der Waals surface area contributed by atoms with Crippen molar-refractivity contribution in [1.29, 1.82) is 0 Å². The first-order valence-electron chi connectivity index (χ1n) is 11.4. The maximum Gasteiger partial charge on any atom is 0.407 e. The molecule has 3 fully saturated rings. The van der Waals surface area contributed by atoms with Gasteiger partial charge in [-0.3, -0.25) is 4.79 Å². The number of morpholine rings is 1. The van der Waals surface area contributed by atoms with Crippen LogP contribution in [0.3, 0.4) is 0 Å². The van der Waals surface area contributed by atoms with Crippen molar-refractivity contribution in [3.63, 3.8) is 0 Å². The van der Waals surface area contributed by atoms with Crippen LogP contribution in [0.4, 0.5) is 37.0 Å². The number of carbonyl (C=O) groups is 2. The lowest BCUT2D eigenvalue weighted by atomic mass is 9.84. The second-order valence-electron chi connectivity index (χ2n) is 9.20. The molecule has 0 saturated carbocycles. The first-order chi connectivity index (χ1) is 16.8. The topological polar surface area (TPSA) is 99.1 Å². The van der Waals surface area contributed by atoms with Crippen LogP contribution in [0.5, 0.6) is 0 Å². The number of anilines is 1. The molecular weight excluding hydrogens is 500 g/mol. The zero-order valence-electron chi connectivity index (χ0n) is 19.1. The standard InChI is InChI=1S/C21H25F6N5O4/c22-20(23,24)15(21(25,26)27)14-1-2-19(3-5-31(6-4-19)18(34)35)32(14)17(33)13-11-28-12-29-16(13)30-7-9-36-10-8-30/h11-12,14-15H,1-10H2,(H,34,35). The van der Waals surface area contributed by atoms with E-state index in [1.807, 2.05) is 0 Å². The van der Waals surface area contributed by atoms with E-state index in [1.54, 1.807) is 4.90 Å². The Balaban J connectivity index is 1.77. The van der Waals surface area contributed by atoms with Crippen LogP contribution in [0.25, 0.3) is 0 Å². The monoisotopic (exact) mass is 525 g/mol. The number of alkyl halides is 6. The molecule has 4 heterocycles. The second-order valence-corrected chi connectivity index (χ2v) is 9.20. The summed E-state index contributed by atoms with van der Waals surface area (Å²) in [6.45, 7) is 1.04. The second kappa shape index (κ2) is 9.56. The number of amides is 2. The third-order valence-electron chi connectivity index (χ3n) is 7.25. The van der Waals surface area contributed by atoms with Gasteiger partial charge >= 0.3 is 18.4 Å². The average molecular weight is 525 g/mol. The molecule has 0 radical (unpaired) electrons. The highest BCUT2D eigenvalue weighted by Crippen LogP contribution is 2.52. The lowest BCUT2D eigenvalue weighted by Gasteiger charge is -2.47. The maximum atomic E-state index is 13.9. The molecule has 15 heteroatoms. The number of carboxylic acid groups (broad SMARTS) is 1. The van der Waals surface area contributed by atoms with Crippen molar-refractivity contribution in [2.24, 2.45) is 5.92 Å². The first-order valence-corrected chi connectivity index (χ1v) is 11.4. The summed E-state index contributed by atoms with van der Waals surface area (Å²) in [6, 6.07) is -2.20. The number of hydrogen-bond acceptors (Lipinski definition) is 6. The van der Waals surface area contributed by atoms with Crippen molar-refractivity contribution in [3.8, 4) is 0 Å². The summed E-state index contributed by atoms with van der Waals surface area (Å²) < 4.78 is 88.1. The summed E-state index contributed by atoms with van der Waals surface area (Å²) in [6.07, 6.45) is -11.1. The van der Waals surface area contributed by atoms with Crippen LogP contribution in [0, 0.1) is 5.92 Å². The molecule has 1 unspecified atom stereocenters. The van der Waals surface area contributed by atoms with Crippen LogP contribution in [0.1, 0.15) is 36.0 Å². The Hall–Kier alpha value is -2.84. The van der Waals surface area contributed by atoms with E-state index < -0.39 is 48.3 Å². The first kappa shape index (κ1) is 26.2. The van der Waals surface area contributed by atoms with Crippen LogP contribution in [-0.4, -0.2) is 100 Å². The van der Waals surface area contributed by atoms with E-state index in [4.69, 9.17) is 4.74 Å². The SMILES string of the molecule is O=C(O)N1CCC2(CCC(C(C(F)(F)F)C(F)(F)F)N2C(=O)c2cncnc2N2CCOCC2)CC1. The summed E-state index contributed by atoms with van der Waals surface area (Å²) >= 11 is 0. The number of likely N-dealkylation sites (tertiary alicyclic amines) is 2. The summed E-state index contributed by atoms with van der Waals surface area (Å²) in [5.74, 6) is -4.66. The van der Waals surface area contributed by atoms with E-state index in [-0.39, 0.29) is 43.7 Å². The lowest BCUT2D eigenvalue weighted by molar-refractivity contribution is -0.297. The zero-order chi connectivity index (χ0) is 26.3. The highest BCUT2D eigenvalue weighted by atomic mass is 19.4. The minimum Gasteiger partial charge on any atom is -0.465 e. The highest BCUT2D eigenvalue weighted by molar-refractivity contribution is 5.99. The smallest absolute Gasteiger partial charge is 0.407 e. The predicted octanol–water partition coefficient (Wildman–Crippen LogP) is 3.17. The molecule has 3 saturated heterocycles. The molecule has 0 aliphatic carbocycles. The predicted molar refractivity (Wildman–Crippen MR) is 111 cm³/mol. The molecule has 3 aliphatic rings. The molecule has 0 bridgehead atoms. The number of piperidine rings is 1. The molecule has 36 heavy (non-hydrogen) atoms. The Labute approximate surface area is 202 Å². The van der Waals surface area contributed by atoms with Gasteiger partial charge in [-0.25, -0.2) is 14.8 Å². The summed E-state index contributed by atoms with van der Waals surface area (Å²) in [4.78, 5) is 36.6. The number of rotatable bonds is 3. The minimum atomic E-state index is -5.64. The van der Waals surface area contributed by atoms with Crippen molar-refractivity contribution in [3.05, 3.63) is 18.1 Å². The molecule has 1 aromatic rings. The van der Waals surface area contributed by atoms with Gasteiger partial charge in [0.05, 0.1) is 19.3 Å². The van der Waals surface area contributed by atoms with Gasteiger partial charge in [0.2, 0.25) is 0 Å². The van der Waals surface area contributed by atoms with Crippen LogP contribution >= 0.6 is 0 Å².